The maximum atomic E-state index is 10.4. The number of benzene rings is 1. The lowest BCUT2D eigenvalue weighted by atomic mass is 9.87. The van der Waals surface area contributed by atoms with E-state index in [9.17, 15) is 5.11 Å². The van der Waals surface area contributed by atoms with Crippen molar-refractivity contribution in [3.8, 4) is 0 Å². The molecular weight excluding hydrogens is 281 g/mol. The number of hydrogen-bond donors (Lipinski definition) is 1. The zero-order chi connectivity index (χ0) is 13.7. The maximum Gasteiger partial charge on any atom is 0.0819 e. The van der Waals surface area contributed by atoms with E-state index in [-0.39, 0.29) is 6.10 Å². The molecule has 19 heavy (non-hydrogen) atoms. The molecule has 0 aliphatic carbocycles. The second-order valence-corrected chi connectivity index (χ2v) is 5.73. The summed E-state index contributed by atoms with van der Waals surface area (Å²) in [6, 6.07) is 9.89. The Bertz CT molecular complexity index is 413. The van der Waals surface area contributed by atoms with Gasteiger partial charge in [-0.25, -0.2) is 0 Å². The third-order valence-corrected chi connectivity index (χ3v) is 4.32. The quantitative estimate of drug-likeness (QED) is 0.915. The van der Waals surface area contributed by atoms with Crippen molar-refractivity contribution in [2.24, 2.45) is 5.92 Å². The Morgan fingerprint density at radius 3 is 2.53 bits per heavy atom. The molecule has 0 saturated carbocycles. The molecule has 1 aromatic rings. The summed E-state index contributed by atoms with van der Waals surface area (Å²) in [5, 5.41) is 11.1. The van der Waals surface area contributed by atoms with Gasteiger partial charge in [-0.2, -0.15) is 0 Å². The molecule has 1 aromatic carbocycles. The van der Waals surface area contributed by atoms with Gasteiger partial charge in [0, 0.05) is 17.1 Å². The van der Waals surface area contributed by atoms with E-state index >= 15 is 0 Å². The second kappa shape index (κ2) is 7.30. The first kappa shape index (κ1) is 14.9. The average Bonchev–Trinajstić information content (AvgIpc) is 2.48. The third-order valence-electron chi connectivity index (χ3n) is 3.71. The number of likely N-dealkylation sites (tertiary alicyclic amines) is 1. The zero-order valence-electron chi connectivity index (χ0n) is 10.8. The Balaban J connectivity index is 1.86. The van der Waals surface area contributed by atoms with Crippen LogP contribution >= 0.6 is 23.2 Å². The normalized spacial score (nSPS) is 20.5. The first-order valence-electron chi connectivity index (χ1n) is 6.61. The monoisotopic (exact) mass is 299 g/mol. The fourth-order valence-corrected chi connectivity index (χ4v) is 2.84. The number of halogens is 2. The molecule has 1 saturated heterocycles. The number of nitrogens with zero attached hydrogens (tertiary/aromatic N) is 1. The van der Waals surface area contributed by atoms with Gasteiger partial charge in [0.1, 0.15) is 0 Å². The van der Waals surface area contributed by atoms with Crippen molar-refractivity contribution in [1.82, 2.24) is 4.90 Å². The average molecular weight is 300 g/mol. The minimum absolute atomic E-state index is 0.331. The van der Waals surface area contributed by atoms with Crippen LogP contribution in [0.2, 0.25) is 0 Å². The van der Waals surface area contributed by atoms with Crippen LogP contribution in [0.3, 0.4) is 0 Å². The number of piperidine rings is 1. The summed E-state index contributed by atoms with van der Waals surface area (Å²) in [6.07, 6.45) is 1.62. The fraction of sp³-hybridized carbons (Fsp3) is 0.467. The predicted molar refractivity (Wildman–Crippen MR) is 80.4 cm³/mol. The van der Waals surface area contributed by atoms with Crippen LogP contribution in [0.4, 0.5) is 0 Å². The van der Waals surface area contributed by atoms with Gasteiger partial charge in [-0.1, -0.05) is 53.5 Å². The Morgan fingerprint density at radius 2 is 1.95 bits per heavy atom. The van der Waals surface area contributed by atoms with Gasteiger partial charge in [0.05, 0.1) is 6.10 Å². The highest BCUT2D eigenvalue weighted by Crippen LogP contribution is 2.30. The fourth-order valence-electron chi connectivity index (χ4n) is 2.60. The van der Waals surface area contributed by atoms with Crippen LogP contribution in [0, 0.1) is 5.92 Å². The standard InChI is InChI=1S/C15H19Cl2NO/c16-10-14(17)11-18-8-6-13(7-9-18)15(19)12-4-2-1-3-5-12/h1-5,10,13,15,19H,6-9,11H2/b14-10-. The van der Waals surface area contributed by atoms with Crippen molar-refractivity contribution >= 4 is 23.2 Å². The highest BCUT2D eigenvalue weighted by molar-refractivity contribution is 6.36. The lowest BCUT2D eigenvalue weighted by Gasteiger charge is -2.34. The van der Waals surface area contributed by atoms with E-state index in [0.29, 0.717) is 17.5 Å². The lowest BCUT2D eigenvalue weighted by Crippen LogP contribution is -2.36. The summed E-state index contributed by atoms with van der Waals surface area (Å²) >= 11 is 11.5. The van der Waals surface area contributed by atoms with Gasteiger partial charge in [0.25, 0.3) is 0 Å². The molecule has 1 N–H and O–H groups in total. The molecular formula is C15H19Cl2NO. The van der Waals surface area contributed by atoms with Gasteiger partial charge in [0.15, 0.2) is 0 Å². The molecule has 1 aliphatic rings. The first-order valence-corrected chi connectivity index (χ1v) is 7.42. The topological polar surface area (TPSA) is 23.5 Å². The molecule has 1 atom stereocenters. The number of aliphatic hydroxyl groups is 1. The van der Waals surface area contributed by atoms with Crippen molar-refractivity contribution in [2.75, 3.05) is 19.6 Å². The molecule has 1 aliphatic heterocycles. The summed E-state index contributed by atoms with van der Waals surface area (Å²) in [7, 11) is 0. The largest absolute Gasteiger partial charge is 0.388 e. The van der Waals surface area contributed by atoms with Gasteiger partial charge in [-0.05, 0) is 37.4 Å². The molecule has 0 radical (unpaired) electrons. The Morgan fingerprint density at radius 1 is 1.32 bits per heavy atom. The van der Waals surface area contributed by atoms with Crippen LogP contribution in [-0.2, 0) is 0 Å². The Kier molecular flexibility index (Phi) is 5.71. The van der Waals surface area contributed by atoms with Crippen molar-refractivity contribution < 1.29 is 5.11 Å². The molecule has 104 valence electrons. The van der Waals surface area contributed by atoms with Crippen LogP contribution in [0.25, 0.3) is 0 Å². The summed E-state index contributed by atoms with van der Waals surface area (Å²) in [4.78, 5) is 2.27. The van der Waals surface area contributed by atoms with Crippen LogP contribution in [0.15, 0.2) is 40.9 Å². The molecule has 1 unspecified atom stereocenters. The Hall–Kier alpha value is -0.540. The predicted octanol–water partition coefficient (Wildman–Crippen LogP) is 3.75. The van der Waals surface area contributed by atoms with Gasteiger partial charge < -0.3 is 5.11 Å². The van der Waals surface area contributed by atoms with Crippen LogP contribution in [-0.4, -0.2) is 29.6 Å². The van der Waals surface area contributed by atoms with E-state index in [2.05, 4.69) is 4.90 Å². The third kappa shape index (κ3) is 4.22. The molecule has 2 nitrogen and oxygen atoms in total. The van der Waals surface area contributed by atoms with Crippen molar-refractivity contribution in [1.29, 1.82) is 0 Å². The van der Waals surface area contributed by atoms with E-state index in [0.717, 1.165) is 31.5 Å². The Labute approximate surface area is 124 Å². The number of aliphatic hydroxyl groups excluding tert-OH is 1. The number of hydrogen-bond acceptors (Lipinski definition) is 2. The molecule has 0 spiro atoms. The molecule has 0 aromatic heterocycles. The second-order valence-electron chi connectivity index (χ2n) is 5.03. The van der Waals surface area contributed by atoms with E-state index in [1.54, 1.807) is 0 Å². The zero-order valence-corrected chi connectivity index (χ0v) is 12.3. The smallest absolute Gasteiger partial charge is 0.0819 e. The summed E-state index contributed by atoms with van der Waals surface area (Å²) < 4.78 is 0. The number of rotatable bonds is 4. The molecule has 0 bridgehead atoms. The lowest BCUT2D eigenvalue weighted by molar-refractivity contribution is 0.0618. The maximum absolute atomic E-state index is 10.4. The van der Waals surface area contributed by atoms with Gasteiger partial charge in [-0.3, -0.25) is 4.90 Å². The molecule has 1 heterocycles. The van der Waals surface area contributed by atoms with E-state index < -0.39 is 0 Å². The first-order chi connectivity index (χ1) is 9.20. The molecule has 2 rings (SSSR count). The molecule has 1 fully saturated rings. The molecule has 4 heteroatoms. The van der Waals surface area contributed by atoms with Crippen LogP contribution < -0.4 is 0 Å². The van der Waals surface area contributed by atoms with Crippen molar-refractivity contribution in [3.63, 3.8) is 0 Å². The highest BCUT2D eigenvalue weighted by Gasteiger charge is 2.26. The van der Waals surface area contributed by atoms with E-state index in [4.69, 9.17) is 23.2 Å². The summed E-state index contributed by atoms with van der Waals surface area (Å²) in [6.45, 7) is 2.62. The van der Waals surface area contributed by atoms with Crippen molar-refractivity contribution in [3.05, 3.63) is 46.5 Å². The summed E-state index contributed by atoms with van der Waals surface area (Å²) in [5.74, 6) is 0.331. The van der Waals surface area contributed by atoms with Crippen molar-refractivity contribution in [2.45, 2.75) is 18.9 Å². The SMILES string of the molecule is OC(c1ccccc1)C1CCN(C/C(Cl)=C/Cl)CC1. The van der Waals surface area contributed by atoms with Gasteiger partial charge in [-0.15, -0.1) is 0 Å². The van der Waals surface area contributed by atoms with Crippen LogP contribution in [0.5, 0.6) is 0 Å². The minimum Gasteiger partial charge on any atom is -0.388 e. The van der Waals surface area contributed by atoms with Gasteiger partial charge >= 0.3 is 0 Å². The van der Waals surface area contributed by atoms with Gasteiger partial charge in [0.2, 0.25) is 0 Å². The summed E-state index contributed by atoms with van der Waals surface area (Å²) in [5.41, 5.74) is 2.44. The highest BCUT2D eigenvalue weighted by atomic mass is 35.5. The van der Waals surface area contributed by atoms with Crippen LogP contribution in [0.1, 0.15) is 24.5 Å². The minimum atomic E-state index is -0.359. The van der Waals surface area contributed by atoms with E-state index in [1.165, 1.54) is 5.54 Å². The molecule has 0 amide bonds. The van der Waals surface area contributed by atoms with E-state index in [1.807, 2.05) is 30.3 Å².